The molecule has 0 heterocycles. The summed E-state index contributed by atoms with van der Waals surface area (Å²) in [5.41, 5.74) is 6.25. The molecule has 0 aliphatic rings. The summed E-state index contributed by atoms with van der Waals surface area (Å²) in [7, 11) is 0.537. The summed E-state index contributed by atoms with van der Waals surface area (Å²) in [5.74, 6) is 0.971. The van der Waals surface area contributed by atoms with Gasteiger partial charge in [0.15, 0.2) is 8.32 Å². The summed E-state index contributed by atoms with van der Waals surface area (Å²) >= 11 is 1.84. The first-order valence-corrected chi connectivity index (χ1v) is 12.8. The molecule has 2 N–H and O–H groups in total. The Labute approximate surface area is 154 Å². The maximum Gasteiger partial charge on any atom is 0.192 e. The van der Waals surface area contributed by atoms with Crippen LogP contribution in [-0.4, -0.2) is 51.8 Å². The van der Waals surface area contributed by atoms with Gasteiger partial charge in [-0.3, -0.25) is 0 Å². The molecule has 24 heavy (non-hydrogen) atoms. The van der Waals surface area contributed by atoms with Crippen LogP contribution < -0.4 is 5.73 Å². The standard InChI is InChI=1S/C19H36N2OSSi/c1-19(2,3)24(5,6)22-15-14-21(4)13-12-17(20)16-23-18-10-8-7-9-11-18/h7-11,17H,12-16,20H2,1-6H3/t17-/m1/s1. The van der Waals surface area contributed by atoms with Crippen LogP contribution in [0.4, 0.5) is 0 Å². The molecule has 1 rings (SSSR count). The molecular weight excluding hydrogens is 332 g/mol. The van der Waals surface area contributed by atoms with E-state index in [1.165, 1.54) is 4.90 Å². The van der Waals surface area contributed by atoms with E-state index in [0.717, 1.165) is 31.9 Å². The molecule has 0 amide bonds. The van der Waals surface area contributed by atoms with E-state index < -0.39 is 8.32 Å². The molecule has 0 bridgehead atoms. The van der Waals surface area contributed by atoms with Gasteiger partial charge < -0.3 is 15.1 Å². The highest BCUT2D eigenvalue weighted by Crippen LogP contribution is 2.36. The molecule has 1 atom stereocenters. The highest BCUT2D eigenvalue weighted by atomic mass is 32.2. The fourth-order valence-corrected chi connectivity index (χ4v) is 3.93. The third kappa shape index (κ3) is 8.16. The Morgan fingerprint density at radius 2 is 1.79 bits per heavy atom. The highest BCUT2D eigenvalue weighted by Gasteiger charge is 2.36. The number of likely N-dealkylation sites (N-methyl/N-ethyl adjacent to an activating group) is 1. The van der Waals surface area contributed by atoms with Crippen molar-refractivity contribution < 1.29 is 4.43 Å². The topological polar surface area (TPSA) is 38.5 Å². The molecule has 1 aromatic carbocycles. The zero-order valence-electron chi connectivity index (χ0n) is 16.3. The quantitative estimate of drug-likeness (QED) is 0.489. The number of nitrogens with zero attached hydrogens (tertiary/aromatic N) is 1. The van der Waals surface area contributed by atoms with Gasteiger partial charge in [0, 0.05) is 29.8 Å². The minimum atomic E-state index is -1.62. The summed E-state index contributed by atoms with van der Waals surface area (Å²) in [6, 6.07) is 10.7. The van der Waals surface area contributed by atoms with Crippen LogP contribution in [-0.2, 0) is 4.43 Å². The van der Waals surface area contributed by atoms with Gasteiger partial charge in [-0.15, -0.1) is 11.8 Å². The Hall–Kier alpha value is -0.333. The van der Waals surface area contributed by atoms with Crippen molar-refractivity contribution in [2.75, 3.05) is 32.5 Å². The molecule has 0 aliphatic heterocycles. The van der Waals surface area contributed by atoms with Crippen molar-refractivity contribution in [3.05, 3.63) is 30.3 Å². The Balaban J connectivity index is 2.18. The molecule has 0 aromatic heterocycles. The monoisotopic (exact) mass is 368 g/mol. The fraction of sp³-hybridized carbons (Fsp3) is 0.684. The molecule has 5 heteroatoms. The largest absolute Gasteiger partial charge is 0.416 e. The van der Waals surface area contributed by atoms with Gasteiger partial charge in [-0.1, -0.05) is 39.0 Å². The van der Waals surface area contributed by atoms with Crippen molar-refractivity contribution in [2.24, 2.45) is 5.73 Å². The van der Waals surface area contributed by atoms with Crippen molar-refractivity contribution in [1.29, 1.82) is 0 Å². The summed E-state index contributed by atoms with van der Waals surface area (Å²) in [5, 5.41) is 0.280. The van der Waals surface area contributed by atoms with Crippen LogP contribution in [0.2, 0.25) is 18.1 Å². The maximum atomic E-state index is 6.25. The summed E-state index contributed by atoms with van der Waals surface area (Å²) in [4.78, 5) is 3.63. The Morgan fingerprint density at radius 1 is 1.17 bits per heavy atom. The van der Waals surface area contributed by atoms with E-state index in [2.05, 4.69) is 70.1 Å². The van der Waals surface area contributed by atoms with Crippen molar-refractivity contribution in [3.63, 3.8) is 0 Å². The summed E-state index contributed by atoms with van der Waals surface area (Å²) < 4.78 is 6.24. The molecule has 0 aliphatic carbocycles. The average Bonchev–Trinajstić information content (AvgIpc) is 2.50. The normalized spacial score (nSPS) is 14.2. The van der Waals surface area contributed by atoms with Crippen LogP contribution in [0.1, 0.15) is 27.2 Å². The van der Waals surface area contributed by atoms with E-state index in [1.54, 1.807) is 0 Å². The first kappa shape index (κ1) is 21.7. The van der Waals surface area contributed by atoms with Crippen LogP contribution in [0, 0.1) is 0 Å². The van der Waals surface area contributed by atoms with Crippen LogP contribution in [0.5, 0.6) is 0 Å². The van der Waals surface area contributed by atoms with Crippen molar-refractivity contribution in [3.8, 4) is 0 Å². The average molecular weight is 369 g/mol. The minimum Gasteiger partial charge on any atom is -0.416 e. The Morgan fingerprint density at radius 3 is 2.38 bits per heavy atom. The maximum absolute atomic E-state index is 6.25. The smallest absolute Gasteiger partial charge is 0.192 e. The predicted molar refractivity (Wildman–Crippen MR) is 110 cm³/mol. The van der Waals surface area contributed by atoms with Crippen LogP contribution in [0.3, 0.4) is 0 Å². The molecule has 0 saturated carbocycles. The zero-order valence-corrected chi connectivity index (χ0v) is 18.2. The number of thioether (sulfide) groups is 1. The molecule has 1 aromatic rings. The lowest BCUT2D eigenvalue weighted by molar-refractivity contribution is 0.219. The van der Waals surface area contributed by atoms with Crippen molar-refractivity contribution in [2.45, 2.75) is 56.3 Å². The number of hydrogen-bond acceptors (Lipinski definition) is 4. The van der Waals surface area contributed by atoms with Gasteiger partial charge in [0.05, 0.1) is 0 Å². The minimum absolute atomic E-state index is 0.235. The van der Waals surface area contributed by atoms with Gasteiger partial charge in [-0.05, 0) is 50.3 Å². The van der Waals surface area contributed by atoms with Crippen molar-refractivity contribution in [1.82, 2.24) is 4.90 Å². The first-order valence-electron chi connectivity index (χ1n) is 8.88. The van der Waals surface area contributed by atoms with E-state index >= 15 is 0 Å². The number of hydrogen-bond donors (Lipinski definition) is 1. The summed E-state index contributed by atoms with van der Waals surface area (Å²) in [6.45, 7) is 14.3. The van der Waals surface area contributed by atoms with Gasteiger partial charge in [0.2, 0.25) is 0 Å². The molecule has 0 fully saturated rings. The van der Waals surface area contributed by atoms with Gasteiger partial charge in [-0.2, -0.15) is 0 Å². The second kappa shape index (κ2) is 9.97. The lowest BCUT2D eigenvalue weighted by Crippen LogP contribution is -2.42. The van der Waals surface area contributed by atoms with Gasteiger partial charge in [0.1, 0.15) is 0 Å². The van der Waals surface area contributed by atoms with Gasteiger partial charge in [-0.25, -0.2) is 0 Å². The Kier molecular flexibility index (Phi) is 9.02. The molecule has 3 nitrogen and oxygen atoms in total. The highest BCUT2D eigenvalue weighted by molar-refractivity contribution is 7.99. The molecular formula is C19H36N2OSSi. The first-order chi connectivity index (χ1) is 11.1. The fourth-order valence-electron chi connectivity index (χ4n) is 1.97. The third-order valence-electron chi connectivity index (χ3n) is 4.83. The number of nitrogens with two attached hydrogens (primary N) is 1. The van der Waals surface area contributed by atoms with Crippen LogP contribution in [0.15, 0.2) is 35.2 Å². The third-order valence-corrected chi connectivity index (χ3v) is 10.6. The molecule has 0 radical (unpaired) electrons. The van der Waals surface area contributed by atoms with Crippen LogP contribution in [0.25, 0.3) is 0 Å². The zero-order chi connectivity index (χ0) is 18.2. The molecule has 0 saturated heterocycles. The van der Waals surface area contributed by atoms with E-state index in [9.17, 15) is 0 Å². The van der Waals surface area contributed by atoms with Gasteiger partial charge in [0.25, 0.3) is 0 Å². The second-order valence-corrected chi connectivity index (χ2v) is 14.0. The van der Waals surface area contributed by atoms with E-state index in [4.69, 9.17) is 10.2 Å². The van der Waals surface area contributed by atoms with Gasteiger partial charge >= 0.3 is 0 Å². The summed E-state index contributed by atoms with van der Waals surface area (Å²) in [6.07, 6.45) is 1.02. The van der Waals surface area contributed by atoms with E-state index in [-0.39, 0.29) is 11.1 Å². The molecule has 0 spiro atoms. The van der Waals surface area contributed by atoms with Crippen LogP contribution >= 0.6 is 11.8 Å². The van der Waals surface area contributed by atoms with Crippen molar-refractivity contribution >= 4 is 20.1 Å². The predicted octanol–water partition coefficient (Wildman–Crippen LogP) is 4.45. The number of rotatable bonds is 10. The van der Waals surface area contributed by atoms with E-state index in [1.807, 2.05) is 17.8 Å². The van der Waals surface area contributed by atoms with E-state index in [0.29, 0.717) is 0 Å². The number of benzene rings is 1. The molecule has 0 unspecified atom stereocenters. The second-order valence-electron chi connectivity index (χ2n) is 8.08. The lowest BCUT2D eigenvalue weighted by atomic mass is 10.2. The SMILES string of the molecule is CN(CCO[Si](C)(C)C(C)(C)C)CC[C@@H](N)CSc1ccccc1. The Bertz CT molecular complexity index is 462. The molecule has 138 valence electrons. The lowest BCUT2D eigenvalue weighted by Gasteiger charge is -2.36.